The van der Waals surface area contributed by atoms with E-state index in [9.17, 15) is 9.59 Å². The molecular weight excluding hydrogens is 422 g/mol. The summed E-state index contributed by atoms with van der Waals surface area (Å²) in [5.74, 6) is 0.839. The van der Waals surface area contributed by atoms with Crippen molar-refractivity contribution in [3.8, 4) is 11.5 Å². The lowest BCUT2D eigenvalue weighted by Gasteiger charge is -2.08. The molecule has 9 nitrogen and oxygen atoms in total. The summed E-state index contributed by atoms with van der Waals surface area (Å²) in [7, 11) is 4.42. The lowest BCUT2D eigenvalue weighted by Crippen LogP contribution is -2.17. The van der Waals surface area contributed by atoms with Crippen LogP contribution in [0.15, 0.2) is 52.1 Å². The Labute approximate surface area is 183 Å². The quantitative estimate of drug-likeness (QED) is 0.393. The van der Waals surface area contributed by atoms with Crippen molar-refractivity contribution in [2.75, 3.05) is 32.4 Å². The number of esters is 1. The Kier molecular flexibility index (Phi) is 7.50. The fourth-order valence-corrected chi connectivity index (χ4v) is 3.31. The number of hydrogen-bond acceptors (Lipinski definition) is 9. The third-order valence-corrected chi connectivity index (χ3v) is 5.00. The SMILES string of the molecule is COC(=O)c1ccccc1NC(=O)CSc1nnc(Cc2ccc(OC)c(OC)c2)o1. The van der Waals surface area contributed by atoms with E-state index in [0.717, 1.165) is 17.3 Å². The molecule has 2 aromatic carbocycles. The molecule has 0 radical (unpaired) electrons. The van der Waals surface area contributed by atoms with Crippen LogP contribution >= 0.6 is 11.8 Å². The Morgan fingerprint density at radius 2 is 1.81 bits per heavy atom. The molecule has 0 saturated carbocycles. The van der Waals surface area contributed by atoms with Crippen molar-refractivity contribution in [2.45, 2.75) is 11.6 Å². The maximum Gasteiger partial charge on any atom is 0.339 e. The third kappa shape index (κ3) is 5.76. The fourth-order valence-electron chi connectivity index (χ4n) is 2.73. The first-order valence-electron chi connectivity index (χ1n) is 9.17. The van der Waals surface area contributed by atoms with Crippen LogP contribution in [0.1, 0.15) is 21.8 Å². The zero-order valence-corrected chi connectivity index (χ0v) is 18.0. The van der Waals surface area contributed by atoms with Crippen LogP contribution in [0.4, 0.5) is 5.69 Å². The number of aromatic nitrogens is 2. The van der Waals surface area contributed by atoms with Crippen LogP contribution in [0.2, 0.25) is 0 Å². The van der Waals surface area contributed by atoms with Gasteiger partial charge in [-0.25, -0.2) is 4.79 Å². The Morgan fingerprint density at radius 3 is 2.55 bits per heavy atom. The maximum absolute atomic E-state index is 12.3. The topological polar surface area (TPSA) is 113 Å². The van der Waals surface area contributed by atoms with Gasteiger partial charge in [0.25, 0.3) is 5.22 Å². The van der Waals surface area contributed by atoms with Crippen LogP contribution in [0.25, 0.3) is 0 Å². The molecule has 0 aliphatic heterocycles. The molecule has 0 aliphatic carbocycles. The van der Waals surface area contributed by atoms with E-state index < -0.39 is 5.97 Å². The highest BCUT2D eigenvalue weighted by Crippen LogP contribution is 2.28. The average molecular weight is 443 g/mol. The summed E-state index contributed by atoms with van der Waals surface area (Å²) in [6.45, 7) is 0. The Morgan fingerprint density at radius 1 is 1.03 bits per heavy atom. The molecule has 162 valence electrons. The molecule has 0 fully saturated rings. The molecule has 3 aromatic rings. The second-order valence-corrected chi connectivity index (χ2v) is 7.13. The minimum atomic E-state index is -0.528. The normalized spacial score (nSPS) is 10.4. The number of thioether (sulfide) groups is 1. The molecule has 0 unspecified atom stereocenters. The van der Waals surface area contributed by atoms with E-state index in [2.05, 4.69) is 15.5 Å². The number of amides is 1. The zero-order chi connectivity index (χ0) is 22.2. The summed E-state index contributed by atoms with van der Waals surface area (Å²) in [5, 5.41) is 10.9. The first kappa shape index (κ1) is 22.2. The van der Waals surface area contributed by atoms with E-state index in [0.29, 0.717) is 29.5 Å². The molecule has 1 amide bonds. The standard InChI is InChI=1S/C21H21N3O6S/c1-27-16-9-8-13(10-17(16)28-2)11-19-23-24-21(30-19)31-12-18(25)22-15-7-5-4-6-14(15)20(26)29-3/h4-10H,11-12H2,1-3H3,(H,22,25). The number of carbonyl (C=O) groups is 2. The van der Waals surface area contributed by atoms with Gasteiger partial charge in [0.2, 0.25) is 11.8 Å². The summed E-state index contributed by atoms with van der Waals surface area (Å²) in [4.78, 5) is 24.1. The first-order chi connectivity index (χ1) is 15.0. The molecule has 0 saturated heterocycles. The molecule has 0 atom stereocenters. The van der Waals surface area contributed by atoms with Gasteiger partial charge in [-0.05, 0) is 29.8 Å². The van der Waals surface area contributed by atoms with Gasteiger partial charge in [-0.2, -0.15) is 0 Å². The predicted molar refractivity (Wildman–Crippen MR) is 114 cm³/mol. The van der Waals surface area contributed by atoms with E-state index in [1.165, 1.54) is 7.11 Å². The number of rotatable bonds is 9. The number of anilines is 1. The van der Waals surface area contributed by atoms with Gasteiger partial charge in [0, 0.05) is 0 Å². The second kappa shape index (κ2) is 10.5. The maximum atomic E-state index is 12.3. The average Bonchev–Trinajstić information content (AvgIpc) is 3.24. The Bertz CT molecular complexity index is 1070. The molecule has 31 heavy (non-hydrogen) atoms. The van der Waals surface area contributed by atoms with Crippen molar-refractivity contribution in [1.82, 2.24) is 10.2 Å². The van der Waals surface area contributed by atoms with Gasteiger partial charge in [0.05, 0.1) is 44.8 Å². The van der Waals surface area contributed by atoms with E-state index in [4.69, 9.17) is 18.6 Å². The van der Waals surface area contributed by atoms with Crippen LogP contribution in [-0.2, 0) is 16.0 Å². The summed E-state index contributed by atoms with van der Waals surface area (Å²) < 4.78 is 20.9. The van der Waals surface area contributed by atoms with E-state index in [1.807, 2.05) is 12.1 Å². The highest BCUT2D eigenvalue weighted by molar-refractivity contribution is 7.99. The molecule has 1 heterocycles. The number of nitrogens with zero attached hydrogens (tertiary/aromatic N) is 2. The number of benzene rings is 2. The number of carbonyl (C=O) groups excluding carboxylic acids is 2. The van der Waals surface area contributed by atoms with E-state index in [-0.39, 0.29) is 22.4 Å². The van der Waals surface area contributed by atoms with Gasteiger partial charge in [0.1, 0.15) is 0 Å². The van der Waals surface area contributed by atoms with Crippen molar-refractivity contribution in [3.05, 3.63) is 59.5 Å². The van der Waals surface area contributed by atoms with Crippen LogP contribution < -0.4 is 14.8 Å². The van der Waals surface area contributed by atoms with Gasteiger partial charge in [0.15, 0.2) is 11.5 Å². The van der Waals surface area contributed by atoms with Crippen molar-refractivity contribution < 1.29 is 28.2 Å². The summed E-state index contributed by atoms with van der Waals surface area (Å²) >= 11 is 1.10. The van der Waals surface area contributed by atoms with Gasteiger partial charge in [-0.3, -0.25) is 4.79 Å². The highest BCUT2D eigenvalue weighted by atomic mass is 32.2. The summed E-state index contributed by atoms with van der Waals surface area (Å²) in [6, 6.07) is 12.1. The Hall–Kier alpha value is -3.53. The van der Waals surface area contributed by atoms with Crippen molar-refractivity contribution >= 4 is 29.3 Å². The largest absolute Gasteiger partial charge is 0.493 e. The molecule has 3 rings (SSSR count). The van der Waals surface area contributed by atoms with Crippen molar-refractivity contribution in [3.63, 3.8) is 0 Å². The Balaban J connectivity index is 1.57. The van der Waals surface area contributed by atoms with Crippen LogP contribution in [0.3, 0.4) is 0 Å². The zero-order valence-electron chi connectivity index (χ0n) is 17.2. The second-order valence-electron chi connectivity index (χ2n) is 6.20. The predicted octanol–water partition coefficient (Wildman–Crippen LogP) is 3.20. The number of hydrogen-bond donors (Lipinski definition) is 1. The van der Waals surface area contributed by atoms with E-state index >= 15 is 0 Å². The number of methoxy groups -OCH3 is 3. The van der Waals surface area contributed by atoms with Crippen LogP contribution in [-0.4, -0.2) is 49.2 Å². The molecule has 0 aliphatic rings. The van der Waals surface area contributed by atoms with Crippen molar-refractivity contribution in [1.29, 1.82) is 0 Å². The minimum Gasteiger partial charge on any atom is -0.493 e. The lowest BCUT2D eigenvalue weighted by molar-refractivity contribution is -0.113. The van der Waals surface area contributed by atoms with Gasteiger partial charge < -0.3 is 23.9 Å². The molecule has 10 heteroatoms. The van der Waals surface area contributed by atoms with E-state index in [1.54, 1.807) is 44.6 Å². The van der Waals surface area contributed by atoms with Gasteiger partial charge in [-0.15, -0.1) is 10.2 Å². The smallest absolute Gasteiger partial charge is 0.339 e. The number of ether oxygens (including phenoxy) is 3. The minimum absolute atomic E-state index is 0.0352. The van der Waals surface area contributed by atoms with Crippen LogP contribution in [0, 0.1) is 0 Å². The summed E-state index contributed by atoms with van der Waals surface area (Å²) in [5.41, 5.74) is 1.56. The van der Waals surface area contributed by atoms with Gasteiger partial charge >= 0.3 is 5.97 Å². The van der Waals surface area contributed by atoms with Crippen molar-refractivity contribution in [2.24, 2.45) is 0 Å². The number of para-hydroxylation sites is 1. The molecular formula is C21H21N3O6S. The first-order valence-corrected chi connectivity index (χ1v) is 10.2. The number of nitrogens with one attached hydrogen (secondary N) is 1. The molecule has 0 spiro atoms. The fraction of sp³-hybridized carbons (Fsp3) is 0.238. The molecule has 1 N–H and O–H groups in total. The third-order valence-electron chi connectivity index (χ3n) is 4.18. The van der Waals surface area contributed by atoms with Gasteiger partial charge in [-0.1, -0.05) is 30.0 Å². The van der Waals surface area contributed by atoms with Crippen LogP contribution in [0.5, 0.6) is 11.5 Å². The molecule has 1 aromatic heterocycles. The molecule has 0 bridgehead atoms. The lowest BCUT2D eigenvalue weighted by atomic mass is 10.1. The highest BCUT2D eigenvalue weighted by Gasteiger charge is 2.15. The summed E-state index contributed by atoms with van der Waals surface area (Å²) in [6.07, 6.45) is 0.409. The monoisotopic (exact) mass is 443 g/mol.